The van der Waals surface area contributed by atoms with Crippen molar-refractivity contribution in [1.82, 2.24) is 9.80 Å². The lowest BCUT2D eigenvalue weighted by molar-refractivity contribution is -0.0619. The van der Waals surface area contributed by atoms with E-state index < -0.39 is 12.5 Å². The summed E-state index contributed by atoms with van der Waals surface area (Å²) < 4.78 is 32.9. The third kappa shape index (κ3) is 6.71. The highest BCUT2D eigenvalue weighted by Crippen LogP contribution is 2.60. The highest BCUT2D eigenvalue weighted by molar-refractivity contribution is 7.87. The van der Waals surface area contributed by atoms with Crippen LogP contribution in [0.1, 0.15) is 105 Å². The molecule has 0 bridgehead atoms. The minimum Gasteiger partial charge on any atom is -0.496 e. The molecule has 8 nitrogen and oxygen atoms in total. The molecule has 4 aliphatic heterocycles. The first-order chi connectivity index (χ1) is 29.2. The first-order valence-corrected chi connectivity index (χ1v) is 23.8. The van der Waals surface area contributed by atoms with Gasteiger partial charge in [-0.3, -0.25) is 0 Å². The van der Waals surface area contributed by atoms with E-state index >= 15 is 0 Å². The van der Waals surface area contributed by atoms with Gasteiger partial charge in [-0.2, -0.15) is 0 Å². The van der Waals surface area contributed by atoms with Gasteiger partial charge in [-0.1, -0.05) is 140 Å². The molecular formula is C53H63N4O4P. The van der Waals surface area contributed by atoms with Crippen LogP contribution in [0.4, 0.5) is 11.4 Å². The highest BCUT2D eigenvalue weighted by Gasteiger charge is 2.62. The van der Waals surface area contributed by atoms with Gasteiger partial charge in [0, 0.05) is 32.5 Å². The van der Waals surface area contributed by atoms with Gasteiger partial charge in [0.2, 0.25) is 5.96 Å². The summed E-state index contributed by atoms with van der Waals surface area (Å²) in [5, 5.41) is 3.29. The minimum atomic E-state index is -2.84. The summed E-state index contributed by atoms with van der Waals surface area (Å²) in [7, 11) is -1.09. The first kappa shape index (κ1) is 42.4. The number of para-hydroxylation sites is 1. The summed E-state index contributed by atoms with van der Waals surface area (Å²) >= 11 is 0. The number of methoxy groups -OCH3 is 1. The van der Waals surface area contributed by atoms with E-state index in [0.717, 1.165) is 61.6 Å². The Balaban J connectivity index is 1.37. The number of guanidine groups is 1. The molecule has 5 aromatic carbocycles. The van der Waals surface area contributed by atoms with Gasteiger partial charge < -0.3 is 28.7 Å². The third-order valence-electron chi connectivity index (χ3n) is 13.3. The van der Waals surface area contributed by atoms with Crippen molar-refractivity contribution in [2.75, 3.05) is 20.3 Å². The van der Waals surface area contributed by atoms with Crippen molar-refractivity contribution in [2.45, 2.75) is 123 Å². The molecule has 3 fully saturated rings. The summed E-state index contributed by atoms with van der Waals surface area (Å²) in [5.41, 5.74) is 4.75. The maximum absolute atomic E-state index is 7.54. The number of benzene rings is 5. The Bertz CT molecular complexity index is 2560. The van der Waals surface area contributed by atoms with Crippen LogP contribution in [-0.2, 0) is 25.7 Å². The van der Waals surface area contributed by atoms with Crippen molar-refractivity contribution in [3.8, 4) is 17.2 Å². The Morgan fingerprint density at radius 3 is 1.55 bits per heavy atom. The van der Waals surface area contributed by atoms with Crippen LogP contribution in [0.5, 0.6) is 17.2 Å². The molecule has 62 heavy (non-hydrogen) atoms. The van der Waals surface area contributed by atoms with E-state index in [9.17, 15) is 0 Å². The topological polar surface area (TPSA) is 68.1 Å². The molecule has 0 aromatic heterocycles. The monoisotopic (exact) mass is 850 g/mol. The quantitative estimate of drug-likeness (QED) is 0.159. The predicted molar refractivity (Wildman–Crippen MR) is 255 cm³/mol. The zero-order valence-corrected chi connectivity index (χ0v) is 39.7. The number of hydrogen-bond acceptors (Lipinski definition) is 6. The van der Waals surface area contributed by atoms with Crippen molar-refractivity contribution in [1.29, 1.82) is 0 Å². The van der Waals surface area contributed by atoms with Crippen LogP contribution in [0.15, 0.2) is 119 Å². The molecule has 9 rings (SSSR count). The van der Waals surface area contributed by atoms with Gasteiger partial charge in [0.05, 0.1) is 38.5 Å². The number of hydrogen-bond donors (Lipinski definition) is 0. The smallest absolute Gasteiger partial charge is 0.207 e. The Morgan fingerprint density at radius 2 is 1.06 bits per heavy atom. The molecule has 0 saturated carbocycles. The molecular weight excluding hydrogens is 788 g/mol. The van der Waals surface area contributed by atoms with Crippen LogP contribution in [-0.4, -0.2) is 59.6 Å². The Morgan fingerprint density at radius 1 is 0.613 bits per heavy atom. The SMILES string of the molecule is COc1ccccc1P(=Nc1cc(C(C)(C)C)cc2c1Oc1c(N=C3N4C(OCC4(C)C)C4OCC(C)(C)N34)cc(C(C)(C)C)cc1C2(C)C)(c1ccccc1)c1ccccc1. The lowest BCUT2D eigenvalue weighted by Gasteiger charge is -2.39. The molecule has 4 aliphatic rings. The molecule has 5 aromatic rings. The van der Waals surface area contributed by atoms with E-state index in [1.165, 1.54) is 11.1 Å². The average Bonchev–Trinajstić information content (AvgIpc) is 3.85. The first-order valence-electron chi connectivity index (χ1n) is 22.0. The summed E-state index contributed by atoms with van der Waals surface area (Å²) in [6.45, 7) is 28.4. The van der Waals surface area contributed by atoms with E-state index in [2.05, 4.69) is 196 Å². The van der Waals surface area contributed by atoms with Gasteiger partial charge in [-0.25, -0.2) is 9.74 Å². The third-order valence-corrected chi connectivity index (χ3v) is 17.0. The summed E-state index contributed by atoms with van der Waals surface area (Å²) in [5.74, 6) is 3.16. The van der Waals surface area contributed by atoms with Crippen molar-refractivity contribution >= 4 is 40.3 Å². The van der Waals surface area contributed by atoms with Gasteiger partial charge in [0.15, 0.2) is 24.0 Å². The van der Waals surface area contributed by atoms with Crippen LogP contribution in [0.25, 0.3) is 0 Å². The molecule has 3 saturated heterocycles. The van der Waals surface area contributed by atoms with Gasteiger partial charge >= 0.3 is 0 Å². The fourth-order valence-electron chi connectivity index (χ4n) is 9.66. The largest absolute Gasteiger partial charge is 0.496 e. The van der Waals surface area contributed by atoms with Crippen LogP contribution in [0, 0.1) is 0 Å². The second kappa shape index (κ2) is 14.6. The fourth-order valence-corrected chi connectivity index (χ4v) is 13.3. The molecule has 0 aliphatic carbocycles. The van der Waals surface area contributed by atoms with E-state index in [1.807, 2.05) is 6.07 Å². The summed E-state index contributed by atoms with van der Waals surface area (Å²) in [6.07, 6.45) is -0.510. The Kier molecular flexibility index (Phi) is 9.98. The molecule has 2 unspecified atom stereocenters. The lowest BCUT2D eigenvalue weighted by Crippen LogP contribution is -2.51. The van der Waals surface area contributed by atoms with E-state index in [0.29, 0.717) is 13.2 Å². The Labute approximate surface area is 369 Å². The van der Waals surface area contributed by atoms with Gasteiger partial charge in [-0.15, -0.1) is 0 Å². The molecule has 0 amide bonds. The normalized spacial score (nSPS) is 20.8. The molecule has 0 N–H and O–H groups in total. The minimum absolute atomic E-state index is 0.162. The molecule has 0 radical (unpaired) electrons. The lowest BCUT2D eigenvalue weighted by atomic mass is 9.71. The predicted octanol–water partition coefficient (Wildman–Crippen LogP) is 11.4. The van der Waals surface area contributed by atoms with Crippen molar-refractivity contribution in [3.63, 3.8) is 0 Å². The molecule has 9 heteroatoms. The van der Waals surface area contributed by atoms with Crippen LogP contribution < -0.4 is 25.4 Å². The van der Waals surface area contributed by atoms with Crippen molar-refractivity contribution in [2.24, 2.45) is 9.74 Å². The number of rotatable bonds is 6. The highest BCUT2D eigenvalue weighted by atomic mass is 31.2. The fraction of sp³-hybridized carbons (Fsp3) is 0.415. The van der Waals surface area contributed by atoms with Crippen LogP contribution in [0.3, 0.4) is 0 Å². The number of fused-ring (bicyclic) bond motifs is 5. The van der Waals surface area contributed by atoms with Crippen LogP contribution in [0.2, 0.25) is 0 Å². The van der Waals surface area contributed by atoms with Crippen molar-refractivity contribution < 1.29 is 18.9 Å². The molecule has 2 atom stereocenters. The maximum atomic E-state index is 7.54. The zero-order valence-electron chi connectivity index (χ0n) is 38.8. The summed E-state index contributed by atoms with van der Waals surface area (Å²) in [4.78, 5) is 10.4. The Hall–Kier alpha value is -4.88. The van der Waals surface area contributed by atoms with Gasteiger partial charge in [0.1, 0.15) is 17.1 Å². The van der Waals surface area contributed by atoms with Crippen LogP contribution >= 0.6 is 7.05 Å². The molecule has 4 heterocycles. The summed E-state index contributed by atoms with van der Waals surface area (Å²) in [6, 6.07) is 39.1. The van der Waals surface area contributed by atoms with E-state index in [1.54, 1.807) is 7.11 Å². The maximum Gasteiger partial charge on any atom is 0.207 e. The van der Waals surface area contributed by atoms with Gasteiger partial charge in [0.25, 0.3) is 0 Å². The number of ether oxygens (including phenoxy) is 4. The van der Waals surface area contributed by atoms with Crippen molar-refractivity contribution in [3.05, 3.63) is 131 Å². The van der Waals surface area contributed by atoms with E-state index in [-0.39, 0.29) is 34.4 Å². The number of aliphatic imine (C=N–C) groups is 1. The second-order valence-corrected chi connectivity index (χ2v) is 24.2. The zero-order chi connectivity index (χ0) is 44.2. The van der Waals surface area contributed by atoms with E-state index in [4.69, 9.17) is 28.7 Å². The molecule has 324 valence electrons. The number of nitrogens with zero attached hydrogens (tertiary/aromatic N) is 4. The second-order valence-electron chi connectivity index (χ2n) is 21.2. The van der Waals surface area contributed by atoms with Gasteiger partial charge in [-0.05, 0) is 73.9 Å². The molecule has 0 spiro atoms. The average molecular weight is 851 g/mol. The standard InChI is InChI=1S/C53H63N4O4P/c1-49(2,3)34-28-38-44(40(30-34)54-48-56-46(59-32-51(56,7)8)47-57(48)52(9,10)33-60-47)61-45-39(53(38,11)12)29-35(50(4,5)6)31-41(45)55-62(36-22-16-14-17-23-36,37-24-18-15-19-25-37)43-27-21-20-26-42(43)58-13/h14-31,46-47H,32-33H2,1-13H3.